The molecule has 0 radical (unpaired) electrons. The average Bonchev–Trinajstić information content (AvgIpc) is 3.25. The zero-order chi connectivity index (χ0) is 24.5. The molecule has 0 saturated carbocycles. The molecular weight excluding hydrogens is 485 g/mol. The second-order valence-electron chi connectivity index (χ2n) is 8.25. The van der Waals surface area contributed by atoms with Crippen molar-refractivity contribution in [1.82, 2.24) is 14.5 Å². The van der Waals surface area contributed by atoms with Gasteiger partial charge in [0.25, 0.3) is 5.56 Å². The topological polar surface area (TPSA) is 64.4 Å². The summed E-state index contributed by atoms with van der Waals surface area (Å²) in [5.41, 5.74) is 2.05. The third-order valence-corrected chi connectivity index (χ3v) is 8.25. The van der Waals surface area contributed by atoms with E-state index in [0.717, 1.165) is 31.6 Å². The Morgan fingerprint density at radius 1 is 1.17 bits per heavy atom. The number of carbonyl (C=O) groups is 1. The van der Waals surface area contributed by atoms with E-state index in [1.165, 1.54) is 40.9 Å². The molecule has 0 amide bonds. The van der Waals surface area contributed by atoms with E-state index < -0.39 is 5.82 Å². The first-order chi connectivity index (χ1) is 17.0. The number of thioether (sulfide) groups is 1. The highest BCUT2D eigenvalue weighted by molar-refractivity contribution is 7.99. The first-order valence-electron chi connectivity index (χ1n) is 11.3. The number of Topliss-reactive ketones (excluding diaryl/α,β-unsaturated/α-hetero) is 1. The van der Waals surface area contributed by atoms with Crippen LogP contribution >= 0.6 is 23.1 Å². The Labute approximate surface area is 210 Å². The number of ether oxygens (including phenoxy) is 1. The number of halogens is 1. The maximum atomic E-state index is 13.9. The summed E-state index contributed by atoms with van der Waals surface area (Å²) < 4.78 is 20.1. The maximum Gasteiger partial charge on any atom is 0.267 e. The predicted octanol–water partition coefficient (Wildman–Crippen LogP) is 4.95. The van der Waals surface area contributed by atoms with Crippen LogP contribution in [0.25, 0.3) is 15.9 Å². The van der Waals surface area contributed by atoms with Crippen LogP contribution in [-0.2, 0) is 13.0 Å². The number of thiophene rings is 1. The van der Waals surface area contributed by atoms with Gasteiger partial charge < -0.3 is 4.74 Å². The Hall–Kier alpha value is -3.01. The fourth-order valence-electron chi connectivity index (χ4n) is 4.25. The van der Waals surface area contributed by atoms with Gasteiger partial charge in [-0.2, -0.15) is 0 Å². The van der Waals surface area contributed by atoms with E-state index in [-0.39, 0.29) is 17.1 Å². The number of benzene rings is 2. The summed E-state index contributed by atoms with van der Waals surface area (Å²) in [6.45, 7) is 4.84. The number of methoxy groups -OCH3 is 1. The van der Waals surface area contributed by atoms with Crippen LogP contribution in [0.2, 0.25) is 0 Å². The fraction of sp³-hybridized carbons (Fsp3) is 0.269. The number of hydrogen-bond acceptors (Lipinski definition) is 7. The lowest BCUT2D eigenvalue weighted by molar-refractivity contribution is 0.102. The van der Waals surface area contributed by atoms with Crippen LogP contribution in [0.4, 0.5) is 4.39 Å². The molecule has 35 heavy (non-hydrogen) atoms. The number of hydrogen-bond donors (Lipinski definition) is 0. The molecule has 0 N–H and O–H groups in total. The van der Waals surface area contributed by atoms with Crippen molar-refractivity contribution in [3.8, 4) is 11.4 Å². The highest BCUT2D eigenvalue weighted by Crippen LogP contribution is 2.34. The molecule has 0 unspecified atom stereocenters. The van der Waals surface area contributed by atoms with E-state index in [2.05, 4.69) is 11.8 Å². The lowest BCUT2D eigenvalue weighted by Gasteiger charge is -2.25. The highest BCUT2D eigenvalue weighted by Gasteiger charge is 2.25. The minimum Gasteiger partial charge on any atom is -0.497 e. The largest absolute Gasteiger partial charge is 0.497 e. The van der Waals surface area contributed by atoms with Crippen molar-refractivity contribution in [3.63, 3.8) is 0 Å². The smallest absolute Gasteiger partial charge is 0.267 e. The SMILES string of the molecule is CCN1CCc2c(sc3nc(SCC(=O)c4ccc(F)cc4)n(-c4ccc(OC)cc4)c(=O)c23)C1. The van der Waals surface area contributed by atoms with E-state index in [4.69, 9.17) is 9.72 Å². The molecule has 1 aliphatic heterocycles. The number of aromatic nitrogens is 2. The van der Waals surface area contributed by atoms with Crippen molar-refractivity contribution in [2.75, 3.05) is 26.0 Å². The van der Waals surface area contributed by atoms with Crippen LogP contribution < -0.4 is 10.3 Å². The molecule has 0 bridgehead atoms. The van der Waals surface area contributed by atoms with Crippen LogP contribution in [0.5, 0.6) is 5.75 Å². The number of fused-ring (bicyclic) bond motifs is 3. The standard InChI is InChI=1S/C26H24FN3O3S2/c1-3-29-13-12-20-22(14-29)35-24-23(20)25(32)30(18-8-10-19(33-2)11-9-18)26(28-24)34-15-21(31)16-4-6-17(27)7-5-16/h4-11H,3,12-15H2,1-2H3. The van der Waals surface area contributed by atoms with Gasteiger partial charge in [-0.25, -0.2) is 9.37 Å². The molecule has 4 aromatic rings. The van der Waals surface area contributed by atoms with E-state index in [9.17, 15) is 14.0 Å². The summed E-state index contributed by atoms with van der Waals surface area (Å²) in [7, 11) is 1.59. The maximum absolute atomic E-state index is 13.9. The summed E-state index contributed by atoms with van der Waals surface area (Å²) in [6, 6.07) is 12.7. The third kappa shape index (κ3) is 4.63. The van der Waals surface area contributed by atoms with Crippen LogP contribution in [0.3, 0.4) is 0 Å². The van der Waals surface area contributed by atoms with Gasteiger partial charge in [0.15, 0.2) is 10.9 Å². The second-order valence-corrected chi connectivity index (χ2v) is 10.3. The Morgan fingerprint density at radius 2 is 1.91 bits per heavy atom. The molecule has 0 spiro atoms. The van der Waals surface area contributed by atoms with Crippen molar-refractivity contribution in [2.24, 2.45) is 0 Å². The number of carbonyl (C=O) groups excluding carboxylic acids is 1. The minimum absolute atomic E-state index is 0.0778. The van der Waals surface area contributed by atoms with Crippen molar-refractivity contribution in [1.29, 1.82) is 0 Å². The van der Waals surface area contributed by atoms with Gasteiger partial charge in [0.05, 0.1) is 23.9 Å². The monoisotopic (exact) mass is 509 g/mol. The Morgan fingerprint density at radius 3 is 2.60 bits per heavy atom. The molecule has 5 rings (SSSR count). The van der Waals surface area contributed by atoms with Gasteiger partial charge in [0.2, 0.25) is 0 Å². The van der Waals surface area contributed by atoms with Gasteiger partial charge in [-0.3, -0.25) is 19.1 Å². The van der Waals surface area contributed by atoms with Gasteiger partial charge in [-0.15, -0.1) is 11.3 Å². The quantitative estimate of drug-likeness (QED) is 0.200. The predicted molar refractivity (Wildman–Crippen MR) is 138 cm³/mol. The van der Waals surface area contributed by atoms with E-state index in [1.807, 2.05) is 12.1 Å². The van der Waals surface area contributed by atoms with E-state index >= 15 is 0 Å². The molecular formula is C26H24FN3O3S2. The average molecular weight is 510 g/mol. The second kappa shape index (κ2) is 9.93. The zero-order valence-electron chi connectivity index (χ0n) is 19.4. The normalized spacial score (nSPS) is 13.7. The van der Waals surface area contributed by atoms with Gasteiger partial charge in [-0.1, -0.05) is 18.7 Å². The number of ketones is 1. The lowest BCUT2D eigenvalue weighted by atomic mass is 10.1. The summed E-state index contributed by atoms with van der Waals surface area (Å²) in [5.74, 6) is 0.214. The summed E-state index contributed by atoms with van der Waals surface area (Å²) >= 11 is 2.78. The molecule has 2 aromatic heterocycles. The molecule has 2 aromatic carbocycles. The molecule has 1 aliphatic rings. The molecule has 3 heterocycles. The van der Waals surface area contributed by atoms with Crippen molar-refractivity contribution >= 4 is 39.1 Å². The fourth-order valence-corrected chi connectivity index (χ4v) is 6.46. The van der Waals surface area contributed by atoms with E-state index in [1.54, 1.807) is 35.1 Å². The van der Waals surface area contributed by atoms with Crippen molar-refractivity contribution in [2.45, 2.75) is 25.0 Å². The minimum atomic E-state index is -0.391. The van der Waals surface area contributed by atoms with Crippen LogP contribution in [0.15, 0.2) is 58.5 Å². The number of rotatable bonds is 7. The highest BCUT2D eigenvalue weighted by atomic mass is 32.2. The van der Waals surface area contributed by atoms with Gasteiger partial charge in [-0.05, 0) is 67.1 Å². The molecule has 9 heteroatoms. The first-order valence-corrected chi connectivity index (χ1v) is 13.1. The summed E-state index contributed by atoms with van der Waals surface area (Å²) in [5, 5.41) is 1.12. The van der Waals surface area contributed by atoms with Gasteiger partial charge in [0, 0.05) is 23.5 Å². The Kier molecular flexibility index (Phi) is 6.73. The summed E-state index contributed by atoms with van der Waals surface area (Å²) in [6.07, 6.45) is 0.818. The molecule has 180 valence electrons. The van der Waals surface area contributed by atoms with Crippen molar-refractivity contribution in [3.05, 3.63) is 80.7 Å². The zero-order valence-corrected chi connectivity index (χ0v) is 21.0. The number of likely N-dealkylation sites (N-methyl/N-ethyl adjacent to an activating group) is 1. The number of nitrogens with zero attached hydrogens (tertiary/aromatic N) is 3. The molecule has 6 nitrogen and oxygen atoms in total. The lowest BCUT2D eigenvalue weighted by Crippen LogP contribution is -2.30. The summed E-state index contributed by atoms with van der Waals surface area (Å²) in [4.78, 5) is 35.8. The van der Waals surface area contributed by atoms with Gasteiger partial charge >= 0.3 is 0 Å². The first kappa shape index (κ1) is 23.7. The third-order valence-electron chi connectivity index (χ3n) is 6.20. The molecule has 0 aliphatic carbocycles. The van der Waals surface area contributed by atoms with Crippen molar-refractivity contribution < 1.29 is 13.9 Å². The van der Waals surface area contributed by atoms with Crippen LogP contribution in [-0.4, -0.2) is 46.2 Å². The Balaban J connectivity index is 1.58. The van der Waals surface area contributed by atoms with Gasteiger partial charge in [0.1, 0.15) is 16.4 Å². The van der Waals surface area contributed by atoms with E-state index in [0.29, 0.717) is 32.4 Å². The van der Waals surface area contributed by atoms with Crippen LogP contribution in [0, 0.1) is 5.82 Å². The molecule has 0 atom stereocenters. The van der Waals surface area contributed by atoms with Crippen LogP contribution in [0.1, 0.15) is 27.7 Å². The molecule has 0 saturated heterocycles. The Bertz CT molecular complexity index is 1450. The molecule has 0 fully saturated rings.